The smallest absolute Gasteiger partial charge is 0.261 e. The molecule has 6 heteroatoms. The molecule has 1 aromatic carbocycles. The number of carbonyl (C=O) groups excluding carboxylic acids is 1. The van der Waals surface area contributed by atoms with Crippen LogP contribution in [0.2, 0.25) is 0 Å². The van der Waals surface area contributed by atoms with Gasteiger partial charge >= 0.3 is 0 Å². The second-order valence-corrected chi connectivity index (χ2v) is 6.35. The Balaban J connectivity index is 1.36. The molecule has 0 fully saturated rings. The van der Waals surface area contributed by atoms with Crippen molar-refractivity contribution in [3.8, 4) is 5.75 Å². The molecule has 126 valence electrons. The van der Waals surface area contributed by atoms with E-state index in [1.807, 2.05) is 22.9 Å². The van der Waals surface area contributed by atoms with E-state index in [1.54, 1.807) is 0 Å². The maximum absolute atomic E-state index is 12.4. The van der Waals surface area contributed by atoms with Crippen molar-refractivity contribution in [2.75, 3.05) is 6.54 Å². The minimum absolute atomic E-state index is 0.0641. The zero-order chi connectivity index (χ0) is 16.4. The van der Waals surface area contributed by atoms with Gasteiger partial charge < -0.3 is 15.4 Å². The first-order chi connectivity index (χ1) is 11.8. The zero-order valence-corrected chi connectivity index (χ0v) is 13.6. The molecule has 0 radical (unpaired) electrons. The molecule has 1 atom stereocenters. The van der Waals surface area contributed by atoms with Crippen molar-refractivity contribution in [1.29, 1.82) is 0 Å². The van der Waals surface area contributed by atoms with Gasteiger partial charge in [0.25, 0.3) is 5.91 Å². The molecule has 2 aromatic rings. The van der Waals surface area contributed by atoms with Gasteiger partial charge in [-0.2, -0.15) is 5.10 Å². The lowest BCUT2D eigenvalue weighted by Gasteiger charge is -2.25. The predicted octanol–water partition coefficient (Wildman–Crippen LogP) is 1.39. The van der Waals surface area contributed by atoms with Crippen molar-refractivity contribution < 1.29 is 9.53 Å². The molecule has 3 heterocycles. The van der Waals surface area contributed by atoms with Crippen molar-refractivity contribution in [2.24, 2.45) is 0 Å². The van der Waals surface area contributed by atoms with E-state index < -0.39 is 6.10 Å². The Kier molecular flexibility index (Phi) is 4.21. The highest BCUT2D eigenvalue weighted by atomic mass is 16.5. The lowest BCUT2D eigenvalue weighted by atomic mass is 10.0. The number of amides is 1. The summed E-state index contributed by atoms with van der Waals surface area (Å²) in [7, 11) is 0. The van der Waals surface area contributed by atoms with E-state index in [4.69, 9.17) is 4.74 Å². The SMILES string of the molecule is O=C(NCc1cc2n(n1)CCCNC2)[C@H]1CCc2ccccc2O1. The van der Waals surface area contributed by atoms with Gasteiger partial charge in [0.15, 0.2) is 6.10 Å². The molecular formula is C18H22N4O2. The summed E-state index contributed by atoms with van der Waals surface area (Å²) >= 11 is 0. The minimum Gasteiger partial charge on any atom is -0.480 e. The molecule has 2 aliphatic rings. The van der Waals surface area contributed by atoms with Crippen molar-refractivity contribution >= 4 is 5.91 Å². The largest absolute Gasteiger partial charge is 0.480 e. The Morgan fingerprint density at radius 3 is 3.29 bits per heavy atom. The quantitative estimate of drug-likeness (QED) is 0.894. The normalized spacial score (nSPS) is 19.6. The Hall–Kier alpha value is -2.34. The van der Waals surface area contributed by atoms with Crippen LogP contribution in [0.1, 0.15) is 29.8 Å². The van der Waals surface area contributed by atoms with Crippen LogP contribution in [0.4, 0.5) is 0 Å². The van der Waals surface area contributed by atoms with Crippen molar-refractivity contribution in [3.05, 3.63) is 47.3 Å². The van der Waals surface area contributed by atoms with E-state index in [0.717, 1.165) is 43.9 Å². The number of aromatic nitrogens is 2. The molecule has 1 aromatic heterocycles. The van der Waals surface area contributed by atoms with Gasteiger partial charge in [-0.3, -0.25) is 9.48 Å². The monoisotopic (exact) mass is 326 g/mol. The van der Waals surface area contributed by atoms with E-state index in [-0.39, 0.29) is 5.91 Å². The molecule has 2 aliphatic heterocycles. The van der Waals surface area contributed by atoms with Crippen LogP contribution in [0.15, 0.2) is 30.3 Å². The van der Waals surface area contributed by atoms with E-state index in [1.165, 1.54) is 11.3 Å². The molecule has 1 amide bonds. The summed E-state index contributed by atoms with van der Waals surface area (Å²) in [6.07, 6.45) is 2.25. The van der Waals surface area contributed by atoms with Gasteiger partial charge in [0, 0.05) is 13.1 Å². The first kappa shape index (κ1) is 15.2. The fourth-order valence-electron chi connectivity index (χ4n) is 3.31. The van der Waals surface area contributed by atoms with E-state index >= 15 is 0 Å². The van der Waals surface area contributed by atoms with Crippen LogP contribution in [0.5, 0.6) is 5.75 Å². The van der Waals surface area contributed by atoms with Gasteiger partial charge in [0.05, 0.1) is 17.9 Å². The number of nitrogens with one attached hydrogen (secondary N) is 2. The molecule has 0 spiro atoms. The Labute approximate surface area is 141 Å². The van der Waals surface area contributed by atoms with Crippen LogP contribution < -0.4 is 15.4 Å². The van der Waals surface area contributed by atoms with E-state index in [0.29, 0.717) is 13.0 Å². The standard InChI is InChI=1S/C18H22N4O2/c23-18(17-7-6-13-4-1-2-5-16(13)24-17)20-11-14-10-15-12-19-8-3-9-22(15)21-14/h1-2,4-5,10,17,19H,3,6-9,11-12H2,(H,20,23)/t17-/m1/s1. The van der Waals surface area contributed by atoms with Gasteiger partial charge in [-0.1, -0.05) is 18.2 Å². The number of hydrogen-bond donors (Lipinski definition) is 2. The van der Waals surface area contributed by atoms with Crippen LogP contribution in [0, 0.1) is 0 Å². The third-order valence-corrected chi connectivity index (χ3v) is 4.60. The lowest BCUT2D eigenvalue weighted by molar-refractivity contribution is -0.128. The molecule has 0 unspecified atom stereocenters. The average molecular weight is 326 g/mol. The van der Waals surface area contributed by atoms with Crippen molar-refractivity contribution in [1.82, 2.24) is 20.4 Å². The average Bonchev–Trinajstić information content (AvgIpc) is 2.88. The van der Waals surface area contributed by atoms with Gasteiger partial charge in [-0.15, -0.1) is 0 Å². The number of ether oxygens (including phenoxy) is 1. The number of fused-ring (bicyclic) bond motifs is 2. The van der Waals surface area contributed by atoms with Crippen LogP contribution in [-0.2, 0) is 30.8 Å². The molecule has 0 bridgehead atoms. The topological polar surface area (TPSA) is 68.2 Å². The summed E-state index contributed by atoms with van der Waals surface area (Å²) in [5.74, 6) is 0.759. The molecule has 24 heavy (non-hydrogen) atoms. The first-order valence-corrected chi connectivity index (χ1v) is 8.58. The summed E-state index contributed by atoms with van der Waals surface area (Å²) in [5.41, 5.74) is 3.25. The molecule has 6 nitrogen and oxygen atoms in total. The number of carbonyl (C=O) groups is 1. The highest BCUT2D eigenvalue weighted by Gasteiger charge is 2.25. The first-order valence-electron chi connectivity index (χ1n) is 8.58. The number of benzene rings is 1. The summed E-state index contributed by atoms with van der Waals surface area (Å²) < 4.78 is 7.87. The number of hydrogen-bond acceptors (Lipinski definition) is 4. The summed E-state index contributed by atoms with van der Waals surface area (Å²) in [5, 5.41) is 10.9. The Bertz CT molecular complexity index is 717. The molecule has 0 saturated heterocycles. The second-order valence-electron chi connectivity index (χ2n) is 6.35. The molecular weight excluding hydrogens is 304 g/mol. The van der Waals surface area contributed by atoms with Gasteiger partial charge in [-0.05, 0) is 43.5 Å². The summed E-state index contributed by atoms with van der Waals surface area (Å²) in [6, 6.07) is 9.98. The van der Waals surface area contributed by atoms with Crippen LogP contribution in [0.3, 0.4) is 0 Å². The molecule has 0 aliphatic carbocycles. The second kappa shape index (κ2) is 6.65. The molecule has 0 saturated carbocycles. The maximum Gasteiger partial charge on any atom is 0.261 e. The summed E-state index contributed by atoms with van der Waals surface area (Å²) in [4.78, 5) is 12.4. The Morgan fingerprint density at radius 1 is 1.42 bits per heavy atom. The van der Waals surface area contributed by atoms with Crippen LogP contribution >= 0.6 is 0 Å². The fourth-order valence-corrected chi connectivity index (χ4v) is 3.31. The van der Waals surface area contributed by atoms with Crippen LogP contribution in [-0.4, -0.2) is 28.3 Å². The van der Waals surface area contributed by atoms with Crippen LogP contribution in [0.25, 0.3) is 0 Å². The number of rotatable bonds is 3. The Morgan fingerprint density at radius 2 is 2.33 bits per heavy atom. The minimum atomic E-state index is -0.415. The van der Waals surface area contributed by atoms with E-state index in [2.05, 4.69) is 27.9 Å². The lowest BCUT2D eigenvalue weighted by Crippen LogP contribution is -2.40. The third-order valence-electron chi connectivity index (χ3n) is 4.60. The number of para-hydroxylation sites is 1. The zero-order valence-electron chi connectivity index (χ0n) is 13.6. The fraction of sp³-hybridized carbons (Fsp3) is 0.444. The number of nitrogens with zero attached hydrogens (tertiary/aromatic N) is 2. The van der Waals surface area contributed by atoms with Gasteiger partial charge in [0.2, 0.25) is 0 Å². The van der Waals surface area contributed by atoms with Crippen molar-refractivity contribution in [2.45, 2.75) is 45.0 Å². The summed E-state index contributed by atoms with van der Waals surface area (Å²) in [6.45, 7) is 3.23. The highest BCUT2D eigenvalue weighted by Crippen LogP contribution is 2.27. The predicted molar refractivity (Wildman–Crippen MR) is 89.6 cm³/mol. The van der Waals surface area contributed by atoms with Crippen molar-refractivity contribution in [3.63, 3.8) is 0 Å². The van der Waals surface area contributed by atoms with E-state index in [9.17, 15) is 4.79 Å². The van der Waals surface area contributed by atoms with Gasteiger partial charge in [-0.25, -0.2) is 0 Å². The third kappa shape index (κ3) is 3.14. The van der Waals surface area contributed by atoms with Gasteiger partial charge in [0.1, 0.15) is 5.75 Å². The number of aryl methyl sites for hydroxylation is 2. The molecule has 4 rings (SSSR count). The maximum atomic E-state index is 12.4. The molecule has 2 N–H and O–H groups in total. The highest BCUT2D eigenvalue weighted by molar-refractivity contribution is 5.81.